The minimum atomic E-state index is -0.638. The van der Waals surface area contributed by atoms with Gasteiger partial charge >= 0.3 is 0 Å². The van der Waals surface area contributed by atoms with Crippen LogP contribution in [0.1, 0.15) is 164 Å². The third-order valence-electron chi connectivity index (χ3n) is 16.1. The lowest BCUT2D eigenvalue weighted by Gasteiger charge is -2.42. The SMILES string of the molecule is CC1(C)CCC(C)(C)c2cc(-c3csc(C4CCN(CC[C@@H](O)[C@H](N)CO)CC4)n3)ccc21.CC1(C)CCC(C)(C)c2cc(-c3csc(C4CCN(CC[C@H](O)[C@@H](N)CO)CC4)n3)ccc21. The van der Waals surface area contributed by atoms with Gasteiger partial charge in [-0.25, -0.2) is 9.97 Å². The van der Waals surface area contributed by atoms with Gasteiger partial charge in [0.15, 0.2) is 0 Å². The minimum Gasteiger partial charge on any atom is -0.395 e. The summed E-state index contributed by atoms with van der Waals surface area (Å²) in [7, 11) is 0. The molecule has 2 aliphatic carbocycles. The van der Waals surface area contributed by atoms with E-state index < -0.39 is 24.3 Å². The van der Waals surface area contributed by atoms with Crippen LogP contribution < -0.4 is 11.5 Å². The number of thiazole rings is 2. The molecule has 0 unspecified atom stereocenters. The van der Waals surface area contributed by atoms with Crippen LogP contribution in [0.4, 0.5) is 0 Å². The van der Waals surface area contributed by atoms with E-state index in [0.29, 0.717) is 24.7 Å². The molecule has 2 aromatic carbocycles. The first-order valence-electron chi connectivity index (χ1n) is 25.0. The first-order chi connectivity index (χ1) is 31.2. The minimum absolute atomic E-state index is 0.172. The molecule has 0 amide bonds. The average Bonchev–Trinajstić information content (AvgIpc) is 4.02. The zero-order valence-corrected chi connectivity index (χ0v) is 43.0. The molecule has 4 aromatic rings. The second-order valence-electron chi connectivity index (χ2n) is 22.8. The fraction of sp³-hybridized carbons (Fsp3) is 0.667. The number of hydrogen-bond acceptors (Lipinski definition) is 12. The van der Waals surface area contributed by atoms with E-state index >= 15 is 0 Å². The van der Waals surface area contributed by atoms with Crippen molar-refractivity contribution in [3.63, 3.8) is 0 Å². The fourth-order valence-corrected chi connectivity index (χ4v) is 12.8. The fourth-order valence-electron chi connectivity index (χ4n) is 10.8. The van der Waals surface area contributed by atoms with Crippen molar-refractivity contribution in [3.05, 3.63) is 79.4 Å². The van der Waals surface area contributed by atoms with Crippen LogP contribution in [0.25, 0.3) is 22.5 Å². The van der Waals surface area contributed by atoms with Crippen molar-refractivity contribution in [2.75, 3.05) is 52.5 Å². The van der Waals surface area contributed by atoms with Gasteiger partial charge in [0, 0.05) is 46.8 Å². The summed E-state index contributed by atoms with van der Waals surface area (Å²) in [4.78, 5) is 15.0. The molecule has 8 N–H and O–H groups in total. The predicted octanol–water partition coefficient (Wildman–Crippen LogP) is 8.82. The molecule has 2 aliphatic heterocycles. The number of piperidine rings is 2. The molecule has 4 aliphatic rings. The number of hydrogen-bond donors (Lipinski definition) is 6. The second kappa shape index (κ2) is 21.2. The summed E-state index contributed by atoms with van der Waals surface area (Å²) in [5, 5.41) is 45.2. The van der Waals surface area contributed by atoms with Gasteiger partial charge in [0.1, 0.15) is 0 Å². The molecule has 66 heavy (non-hydrogen) atoms. The Hall–Kier alpha value is -2.62. The average molecular weight is 943 g/mol. The van der Waals surface area contributed by atoms with Gasteiger partial charge in [0.25, 0.3) is 0 Å². The summed E-state index contributed by atoms with van der Waals surface area (Å²) < 4.78 is 0. The summed E-state index contributed by atoms with van der Waals surface area (Å²) in [6.45, 7) is 24.4. The lowest BCUT2D eigenvalue weighted by atomic mass is 9.63. The highest BCUT2D eigenvalue weighted by Crippen LogP contribution is 2.48. The lowest BCUT2D eigenvalue weighted by molar-refractivity contribution is 0.0844. The standard InChI is InChI=1S/2C27H41N3O2S/c2*1-26(2)10-11-27(3,4)21-15-19(5-6-20(21)26)23-17-33-25(29-23)18-7-12-30(13-8-18)14-9-24(32)22(28)16-31/h2*5-6,15,17-18,22,24,31-32H,7-14,16,28H2,1-4H3/t2*22-,24-/m10/s1. The number of rotatable bonds is 14. The molecule has 2 aromatic heterocycles. The summed E-state index contributed by atoms with van der Waals surface area (Å²) >= 11 is 3.60. The van der Waals surface area contributed by atoms with Gasteiger partial charge in [-0.1, -0.05) is 79.7 Å². The molecule has 2 saturated heterocycles. The van der Waals surface area contributed by atoms with Crippen LogP contribution in [0.3, 0.4) is 0 Å². The van der Waals surface area contributed by atoms with E-state index in [1.165, 1.54) is 69.1 Å². The van der Waals surface area contributed by atoms with Crippen LogP contribution in [0.15, 0.2) is 47.2 Å². The smallest absolute Gasteiger partial charge is 0.0964 e. The molecule has 8 rings (SSSR count). The van der Waals surface area contributed by atoms with Crippen molar-refractivity contribution in [1.82, 2.24) is 19.8 Å². The number of nitrogens with two attached hydrogens (primary N) is 2. The molecule has 2 fully saturated rings. The summed E-state index contributed by atoms with van der Waals surface area (Å²) in [6, 6.07) is 13.0. The summed E-state index contributed by atoms with van der Waals surface area (Å²) in [5.41, 5.74) is 23.0. The van der Waals surface area contributed by atoms with Gasteiger partial charge in [-0.05, 0) is 146 Å². The monoisotopic (exact) mass is 943 g/mol. The molecule has 0 radical (unpaired) electrons. The van der Waals surface area contributed by atoms with E-state index in [9.17, 15) is 10.2 Å². The van der Waals surface area contributed by atoms with E-state index in [2.05, 4.69) is 112 Å². The van der Waals surface area contributed by atoms with Crippen molar-refractivity contribution in [1.29, 1.82) is 0 Å². The van der Waals surface area contributed by atoms with Gasteiger partial charge in [-0.15, -0.1) is 22.7 Å². The molecule has 0 spiro atoms. The number of aliphatic hydroxyl groups is 4. The van der Waals surface area contributed by atoms with Crippen molar-refractivity contribution in [2.45, 2.75) is 177 Å². The third kappa shape index (κ3) is 11.9. The number of fused-ring (bicyclic) bond motifs is 2. The van der Waals surface area contributed by atoms with Gasteiger partial charge in [0.2, 0.25) is 0 Å². The van der Waals surface area contributed by atoms with E-state index in [4.69, 9.17) is 31.6 Å². The zero-order valence-electron chi connectivity index (χ0n) is 41.4. The van der Waals surface area contributed by atoms with E-state index in [-0.39, 0.29) is 34.9 Å². The van der Waals surface area contributed by atoms with Gasteiger partial charge in [-0.3, -0.25) is 0 Å². The molecular formula is C54H82N6O4S2. The molecular weight excluding hydrogens is 861 g/mol. The highest BCUT2D eigenvalue weighted by atomic mass is 32.1. The van der Waals surface area contributed by atoms with Crippen LogP contribution in [0.5, 0.6) is 0 Å². The summed E-state index contributed by atoms with van der Waals surface area (Å²) in [6.07, 6.45) is 9.25. The molecule has 4 heterocycles. The van der Waals surface area contributed by atoms with Gasteiger partial charge in [-0.2, -0.15) is 0 Å². The van der Waals surface area contributed by atoms with Crippen LogP contribution >= 0.6 is 22.7 Å². The Balaban J connectivity index is 0.000000196. The molecule has 12 heteroatoms. The molecule has 0 saturated carbocycles. The molecule has 4 atom stereocenters. The van der Waals surface area contributed by atoms with Crippen LogP contribution in [-0.2, 0) is 21.7 Å². The van der Waals surface area contributed by atoms with E-state index in [0.717, 1.165) is 76.3 Å². The normalized spacial score (nSPS) is 22.6. The Labute approximate surface area is 404 Å². The number of likely N-dealkylation sites (tertiary alicyclic amines) is 2. The van der Waals surface area contributed by atoms with E-state index in [1.54, 1.807) is 22.7 Å². The largest absolute Gasteiger partial charge is 0.395 e. The zero-order chi connectivity index (χ0) is 47.6. The molecule has 0 bridgehead atoms. The molecule has 364 valence electrons. The van der Waals surface area contributed by atoms with Crippen molar-refractivity contribution in [3.8, 4) is 22.5 Å². The molecule has 10 nitrogen and oxygen atoms in total. The van der Waals surface area contributed by atoms with Crippen molar-refractivity contribution >= 4 is 22.7 Å². The Bertz CT molecular complexity index is 2050. The van der Waals surface area contributed by atoms with Gasteiger partial charge < -0.3 is 41.7 Å². The Morgan fingerprint density at radius 3 is 1.23 bits per heavy atom. The quantitative estimate of drug-likeness (QED) is 0.0720. The second-order valence-corrected chi connectivity index (χ2v) is 24.6. The summed E-state index contributed by atoms with van der Waals surface area (Å²) in [5.74, 6) is 1.02. The van der Waals surface area contributed by atoms with Crippen LogP contribution in [-0.4, -0.2) is 117 Å². The highest BCUT2D eigenvalue weighted by Gasteiger charge is 2.39. The first-order valence-corrected chi connectivity index (χ1v) is 26.7. The van der Waals surface area contributed by atoms with E-state index in [1.807, 2.05) is 0 Å². The van der Waals surface area contributed by atoms with Crippen LogP contribution in [0.2, 0.25) is 0 Å². The lowest BCUT2D eigenvalue weighted by Crippen LogP contribution is -2.41. The number of benzene rings is 2. The Kier molecular flexibility index (Phi) is 16.4. The van der Waals surface area contributed by atoms with Gasteiger partial charge in [0.05, 0.1) is 58.9 Å². The third-order valence-corrected chi connectivity index (χ3v) is 18.1. The Morgan fingerprint density at radius 1 is 0.561 bits per heavy atom. The highest BCUT2D eigenvalue weighted by molar-refractivity contribution is 7.10. The number of aliphatic hydroxyl groups excluding tert-OH is 4. The maximum absolute atomic E-state index is 10.0. The maximum Gasteiger partial charge on any atom is 0.0964 e. The number of aromatic nitrogens is 2. The van der Waals surface area contributed by atoms with Crippen molar-refractivity contribution in [2.24, 2.45) is 11.5 Å². The predicted molar refractivity (Wildman–Crippen MR) is 274 cm³/mol. The number of nitrogens with zero attached hydrogens (tertiary/aromatic N) is 4. The Morgan fingerprint density at radius 2 is 0.894 bits per heavy atom. The van der Waals surface area contributed by atoms with Crippen LogP contribution in [0, 0.1) is 0 Å². The van der Waals surface area contributed by atoms with Crippen molar-refractivity contribution < 1.29 is 20.4 Å². The maximum atomic E-state index is 10.0. The topological polar surface area (TPSA) is 165 Å². The first kappa shape index (κ1) is 51.2.